The highest BCUT2D eigenvalue weighted by molar-refractivity contribution is 7.99. The van der Waals surface area contributed by atoms with Gasteiger partial charge in [0.05, 0.1) is 11.5 Å². The zero-order chi connectivity index (χ0) is 22.3. The van der Waals surface area contributed by atoms with Crippen LogP contribution in [0.25, 0.3) is 0 Å². The zero-order valence-corrected chi connectivity index (χ0v) is 16.9. The van der Waals surface area contributed by atoms with Gasteiger partial charge in [0, 0.05) is 5.69 Å². The molecule has 0 saturated heterocycles. The molecule has 1 amide bonds. The molecular weight excluding hydrogens is 433 g/mol. The number of carbonyl (C=O) groups excluding carboxylic acids is 1. The Morgan fingerprint density at radius 2 is 1.87 bits per heavy atom. The molecule has 0 fully saturated rings. The third-order valence-electron chi connectivity index (χ3n) is 3.69. The summed E-state index contributed by atoms with van der Waals surface area (Å²) < 4.78 is 40.3. The Labute approximate surface area is 179 Å². The fraction of sp³-hybridized carbons (Fsp3) is 0.158. The van der Waals surface area contributed by atoms with Crippen LogP contribution in [0.4, 0.5) is 24.8 Å². The number of nitrogens with zero attached hydrogens (tertiary/aromatic N) is 3. The molecule has 12 heteroatoms. The lowest BCUT2D eigenvalue weighted by atomic mass is 10.1. The molecule has 1 heterocycles. The van der Waals surface area contributed by atoms with Crippen LogP contribution in [-0.4, -0.2) is 38.9 Å². The first kappa shape index (κ1) is 22.2. The summed E-state index contributed by atoms with van der Waals surface area (Å²) >= 11 is 1.08. The minimum Gasteiger partial charge on any atom is -0.406 e. The van der Waals surface area contributed by atoms with Crippen LogP contribution < -0.4 is 15.5 Å². The average Bonchev–Trinajstić information content (AvgIpc) is 3.19. The van der Waals surface area contributed by atoms with Crippen molar-refractivity contribution < 1.29 is 22.7 Å². The van der Waals surface area contributed by atoms with Gasteiger partial charge >= 0.3 is 6.36 Å². The molecule has 3 rings (SSSR count). The van der Waals surface area contributed by atoms with Gasteiger partial charge in [-0.2, -0.15) is 10.1 Å². The number of aromatic nitrogens is 3. The zero-order valence-electron chi connectivity index (χ0n) is 16.1. The van der Waals surface area contributed by atoms with Crippen molar-refractivity contribution in [2.45, 2.75) is 18.4 Å². The summed E-state index contributed by atoms with van der Waals surface area (Å²) in [5.41, 5.74) is 4.82. The molecule has 3 aromatic rings. The fourth-order valence-electron chi connectivity index (χ4n) is 2.31. The third kappa shape index (κ3) is 7.33. The van der Waals surface area contributed by atoms with Crippen molar-refractivity contribution in [3.8, 4) is 5.75 Å². The van der Waals surface area contributed by atoms with E-state index in [0.717, 1.165) is 35.2 Å². The summed E-state index contributed by atoms with van der Waals surface area (Å²) in [6.45, 7) is 1.85. The Balaban J connectivity index is 1.46. The van der Waals surface area contributed by atoms with Gasteiger partial charge in [0.2, 0.25) is 17.0 Å². The number of alkyl halides is 3. The molecule has 2 aromatic carbocycles. The van der Waals surface area contributed by atoms with Crippen molar-refractivity contribution in [1.29, 1.82) is 0 Å². The summed E-state index contributed by atoms with van der Waals surface area (Å²) in [7, 11) is 0. The lowest BCUT2D eigenvalue weighted by molar-refractivity contribution is -0.274. The van der Waals surface area contributed by atoms with Crippen LogP contribution >= 0.6 is 11.8 Å². The van der Waals surface area contributed by atoms with E-state index in [1.54, 1.807) is 0 Å². The van der Waals surface area contributed by atoms with E-state index in [9.17, 15) is 18.0 Å². The van der Waals surface area contributed by atoms with Crippen molar-refractivity contribution in [3.05, 3.63) is 60.2 Å². The van der Waals surface area contributed by atoms with Crippen LogP contribution in [0.15, 0.2) is 64.9 Å². The second kappa shape index (κ2) is 9.98. The number of halogens is 3. The fourth-order valence-corrected chi connectivity index (χ4v) is 2.91. The molecule has 0 radical (unpaired) electrons. The van der Waals surface area contributed by atoms with Crippen LogP contribution in [0.3, 0.4) is 0 Å². The third-order valence-corrected chi connectivity index (χ3v) is 4.54. The van der Waals surface area contributed by atoms with E-state index in [1.165, 1.54) is 12.1 Å². The van der Waals surface area contributed by atoms with Gasteiger partial charge < -0.3 is 10.1 Å². The maximum absolute atomic E-state index is 12.2. The summed E-state index contributed by atoms with van der Waals surface area (Å²) in [5, 5.41) is 13.8. The number of H-pyrrole nitrogens is 1. The van der Waals surface area contributed by atoms with Crippen molar-refractivity contribution in [1.82, 2.24) is 15.2 Å². The van der Waals surface area contributed by atoms with Crippen molar-refractivity contribution in [2.24, 2.45) is 5.10 Å². The first-order valence-electron chi connectivity index (χ1n) is 8.85. The standard InChI is InChI=1S/C19H17F3N6O2S/c1-12(13-5-3-2-4-6-13)25-26-17-24-18(28-27-17)31-11-16(29)23-14-7-9-15(10-8-14)30-19(20,21)22/h2-10H,11H2,1H3,(H,23,29)(H2,24,26,27,28)/b25-12-. The number of benzene rings is 2. The van der Waals surface area contributed by atoms with E-state index in [2.05, 4.69) is 35.8 Å². The number of hydrogen-bond donors (Lipinski definition) is 3. The molecule has 31 heavy (non-hydrogen) atoms. The van der Waals surface area contributed by atoms with Crippen LogP contribution in [-0.2, 0) is 4.79 Å². The number of anilines is 2. The molecule has 0 aliphatic heterocycles. The predicted octanol–water partition coefficient (Wildman–Crippen LogP) is 4.27. The molecule has 0 aliphatic carbocycles. The maximum atomic E-state index is 12.2. The second-order valence-electron chi connectivity index (χ2n) is 6.05. The van der Waals surface area contributed by atoms with Gasteiger partial charge in [-0.25, -0.2) is 10.5 Å². The first-order chi connectivity index (χ1) is 14.8. The number of nitrogens with one attached hydrogen (secondary N) is 3. The molecule has 0 saturated carbocycles. The number of aromatic amines is 1. The van der Waals surface area contributed by atoms with Gasteiger partial charge in [-0.15, -0.1) is 18.3 Å². The van der Waals surface area contributed by atoms with Crippen LogP contribution in [0.5, 0.6) is 5.75 Å². The molecule has 0 bridgehead atoms. The monoisotopic (exact) mass is 450 g/mol. The van der Waals surface area contributed by atoms with Gasteiger partial charge in [-0.05, 0) is 36.8 Å². The number of ether oxygens (including phenoxy) is 1. The summed E-state index contributed by atoms with van der Waals surface area (Å²) in [6.07, 6.45) is -4.77. The van der Waals surface area contributed by atoms with E-state index >= 15 is 0 Å². The molecule has 3 N–H and O–H groups in total. The van der Waals surface area contributed by atoms with Crippen molar-refractivity contribution >= 4 is 35.0 Å². The minimum atomic E-state index is -4.77. The Morgan fingerprint density at radius 3 is 2.55 bits per heavy atom. The van der Waals surface area contributed by atoms with Gasteiger partial charge in [-0.1, -0.05) is 42.1 Å². The Kier molecular flexibility index (Phi) is 7.13. The molecular formula is C19H17F3N6O2S. The molecule has 0 aliphatic rings. The Morgan fingerprint density at radius 1 is 1.16 bits per heavy atom. The number of amides is 1. The van der Waals surface area contributed by atoms with Crippen molar-refractivity contribution in [3.63, 3.8) is 0 Å². The lowest BCUT2D eigenvalue weighted by Gasteiger charge is -2.09. The highest BCUT2D eigenvalue weighted by Gasteiger charge is 2.30. The topological polar surface area (TPSA) is 104 Å². The highest BCUT2D eigenvalue weighted by Crippen LogP contribution is 2.24. The predicted molar refractivity (Wildman–Crippen MR) is 111 cm³/mol. The maximum Gasteiger partial charge on any atom is 0.573 e. The smallest absolute Gasteiger partial charge is 0.406 e. The highest BCUT2D eigenvalue weighted by atomic mass is 32.2. The minimum absolute atomic E-state index is 0.00437. The summed E-state index contributed by atoms with van der Waals surface area (Å²) in [4.78, 5) is 16.2. The van der Waals surface area contributed by atoms with Gasteiger partial charge in [0.1, 0.15) is 5.75 Å². The molecule has 1 aromatic heterocycles. The molecule has 0 atom stereocenters. The van der Waals surface area contributed by atoms with Gasteiger partial charge in [0.25, 0.3) is 0 Å². The van der Waals surface area contributed by atoms with Crippen LogP contribution in [0.1, 0.15) is 12.5 Å². The van der Waals surface area contributed by atoms with Gasteiger partial charge in [0.15, 0.2) is 0 Å². The second-order valence-corrected chi connectivity index (χ2v) is 6.99. The Bertz CT molecular complexity index is 1040. The van der Waals surface area contributed by atoms with Crippen LogP contribution in [0, 0.1) is 0 Å². The SMILES string of the molecule is C/C(=N/Nc1nc(SCC(=O)Nc2ccc(OC(F)(F)F)cc2)n[nH]1)c1ccccc1. The number of rotatable bonds is 8. The van der Waals surface area contributed by atoms with Crippen molar-refractivity contribution in [2.75, 3.05) is 16.5 Å². The summed E-state index contributed by atoms with van der Waals surface area (Å²) in [5.74, 6) is -0.416. The number of carbonyl (C=O) groups is 1. The van der Waals surface area contributed by atoms with E-state index in [1.807, 2.05) is 37.3 Å². The average molecular weight is 450 g/mol. The van der Waals surface area contributed by atoms with E-state index in [0.29, 0.717) is 16.8 Å². The van der Waals surface area contributed by atoms with Gasteiger partial charge in [-0.3, -0.25) is 4.79 Å². The lowest BCUT2D eigenvalue weighted by Crippen LogP contribution is -2.17. The van der Waals surface area contributed by atoms with E-state index in [4.69, 9.17) is 0 Å². The molecule has 0 unspecified atom stereocenters. The Hall–Kier alpha value is -3.54. The van der Waals surface area contributed by atoms with E-state index in [-0.39, 0.29) is 17.4 Å². The summed E-state index contributed by atoms with van der Waals surface area (Å²) in [6, 6.07) is 14.4. The molecule has 8 nitrogen and oxygen atoms in total. The number of thioether (sulfide) groups is 1. The van der Waals surface area contributed by atoms with E-state index < -0.39 is 6.36 Å². The number of hydrazone groups is 1. The normalized spacial score (nSPS) is 11.8. The quantitative estimate of drug-likeness (QED) is 0.269. The number of hydrogen-bond acceptors (Lipinski definition) is 7. The van der Waals surface area contributed by atoms with Crippen LogP contribution in [0.2, 0.25) is 0 Å². The largest absolute Gasteiger partial charge is 0.573 e. The molecule has 0 spiro atoms. The first-order valence-corrected chi connectivity index (χ1v) is 9.83. The molecule has 162 valence electrons.